The van der Waals surface area contributed by atoms with E-state index in [1.807, 2.05) is 48.6 Å². The average molecular weight is 1350 g/mol. The van der Waals surface area contributed by atoms with E-state index in [1.165, 1.54) is 45.4 Å². The van der Waals surface area contributed by atoms with Gasteiger partial charge in [0.05, 0.1) is 91.3 Å². The van der Waals surface area contributed by atoms with E-state index in [2.05, 4.69) is 29.9 Å². The van der Waals surface area contributed by atoms with Crippen molar-refractivity contribution in [3.63, 3.8) is 0 Å². The molecule has 2 N–H and O–H groups in total. The number of sulfonamides is 4. The van der Waals surface area contributed by atoms with E-state index in [9.17, 15) is 33.7 Å². The summed E-state index contributed by atoms with van der Waals surface area (Å²) in [5, 5.41) is 0. The second-order valence-electron chi connectivity index (χ2n) is 22.9. The number of aromatic nitrogens is 8. The molecule has 20 nitrogen and oxygen atoms in total. The zero-order valence-electron chi connectivity index (χ0n) is 52.3. The van der Waals surface area contributed by atoms with Crippen LogP contribution in [-0.2, 0) is 66.3 Å². The van der Waals surface area contributed by atoms with Gasteiger partial charge in [0.2, 0.25) is 40.1 Å². The summed E-state index contributed by atoms with van der Waals surface area (Å²) in [4.78, 5) is 35.7. The minimum absolute atomic E-state index is 0.0434. The van der Waals surface area contributed by atoms with E-state index >= 15 is 0 Å². The fourth-order valence-electron chi connectivity index (χ4n) is 11.5. The zero-order valence-corrected chi connectivity index (χ0v) is 55.6. The van der Waals surface area contributed by atoms with E-state index in [0.717, 1.165) is 0 Å². The molecule has 0 saturated heterocycles. The Morgan fingerprint density at radius 2 is 0.490 bits per heavy atom. The number of H-pyrrole nitrogens is 2. The maximum absolute atomic E-state index is 14.2. The summed E-state index contributed by atoms with van der Waals surface area (Å²) in [6, 6.07) is 55.2. The van der Waals surface area contributed by atoms with Crippen LogP contribution < -0.4 is 0 Å². The molecule has 96 heavy (non-hydrogen) atoms. The van der Waals surface area contributed by atoms with Gasteiger partial charge in [-0.05, 0) is 168 Å². The summed E-state index contributed by atoms with van der Waals surface area (Å²) in [5.74, 6) is 0. The van der Waals surface area contributed by atoms with Crippen LogP contribution in [0.25, 0.3) is 90.9 Å². The summed E-state index contributed by atoms with van der Waals surface area (Å²) < 4.78 is 118. The highest BCUT2D eigenvalue weighted by molar-refractivity contribution is 7.90. The molecule has 8 bridgehead atoms. The molecule has 0 saturated carbocycles. The van der Waals surface area contributed by atoms with Crippen molar-refractivity contribution < 1.29 is 33.7 Å². The number of rotatable bonds is 20. The third-order valence-electron chi connectivity index (χ3n) is 16.6. The highest BCUT2D eigenvalue weighted by Crippen LogP contribution is 2.40. The molecule has 482 valence electrons. The standard InChI is InChI=1S/C72H62N12O8S4/c1-81(45-53-13-5-9-41-73-53)93(85,86)57-25-17-49(18-26-57)69-61-33-35-63(77-61)70(50-19-27-58(28-20-50)94(87,88)82(2)46-54-14-6-10-42-74-54)65-37-39-67(79-65)72(52-23-31-60(32-24-52)96(91,92)84(4)48-56-16-8-12-44-76-56)68-40-38-66(80-68)71(64-36-34-62(69)78-64)51-21-29-59(30-22-51)95(89,90)83(3)47-55-15-7-11-43-75-55/h5-44,77,80H,45-48H2,1-4H3. The highest BCUT2D eigenvalue weighted by atomic mass is 32.2. The number of benzene rings is 4. The maximum atomic E-state index is 14.2. The van der Waals surface area contributed by atoms with E-state index in [1.54, 1.807) is 195 Å². The molecule has 11 aromatic rings. The predicted molar refractivity (Wildman–Crippen MR) is 372 cm³/mol. The van der Waals surface area contributed by atoms with Crippen LogP contribution in [0.2, 0.25) is 0 Å². The first-order valence-corrected chi connectivity index (χ1v) is 36.0. The fraction of sp³-hybridized carbons (Fsp3) is 0.111. The quantitative estimate of drug-likeness (QED) is 0.0719. The Bertz CT molecular complexity index is 4780. The number of hydrogen-bond donors (Lipinski definition) is 2. The third kappa shape index (κ3) is 13.0. The Morgan fingerprint density at radius 1 is 0.281 bits per heavy atom. The highest BCUT2D eigenvalue weighted by Gasteiger charge is 2.28. The lowest BCUT2D eigenvalue weighted by atomic mass is 10.0. The number of nitrogens with zero attached hydrogens (tertiary/aromatic N) is 10. The van der Waals surface area contributed by atoms with Crippen LogP contribution in [0.5, 0.6) is 0 Å². The van der Waals surface area contributed by atoms with Gasteiger partial charge in [-0.1, -0.05) is 72.8 Å². The fourth-order valence-corrected chi connectivity index (χ4v) is 16.1. The number of fused-ring (bicyclic) bond motifs is 8. The average Bonchev–Trinajstić information content (AvgIpc) is 1.57. The van der Waals surface area contributed by atoms with E-state index < -0.39 is 40.1 Å². The number of hydrogen-bond acceptors (Lipinski definition) is 14. The minimum Gasteiger partial charge on any atom is -0.354 e. The van der Waals surface area contributed by atoms with E-state index in [-0.39, 0.29) is 45.8 Å². The molecule has 24 heteroatoms. The number of aromatic amines is 2. The van der Waals surface area contributed by atoms with Crippen molar-refractivity contribution in [3.8, 4) is 44.5 Å². The van der Waals surface area contributed by atoms with Crippen molar-refractivity contribution in [1.82, 2.24) is 57.1 Å². The molecule has 0 amide bonds. The lowest BCUT2D eigenvalue weighted by Crippen LogP contribution is -2.26. The van der Waals surface area contributed by atoms with Crippen LogP contribution in [0.4, 0.5) is 0 Å². The topological polar surface area (TPSA) is 258 Å². The second kappa shape index (κ2) is 26.5. The molecule has 2 aliphatic heterocycles. The molecule has 13 rings (SSSR count). The molecule has 2 aliphatic rings. The Kier molecular flexibility index (Phi) is 17.8. The van der Waals surface area contributed by atoms with Gasteiger partial charge in [-0.25, -0.2) is 43.6 Å². The van der Waals surface area contributed by atoms with Crippen LogP contribution in [0, 0.1) is 0 Å². The van der Waals surface area contributed by atoms with Gasteiger partial charge in [0.25, 0.3) is 0 Å². The van der Waals surface area contributed by atoms with Crippen molar-refractivity contribution in [1.29, 1.82) is 0 Å². The summed E-state index contributed by atoms with van der Waals surface area (Å²) >= 11 is 0. The smallest absolute Gasteiger partial charge is 0.243 e. The number of nitrogens with one attached hydrogen (secondary N) is 2. The molecule has 4 aromatic carbocycles. The molecular weight excluding hydrogens is 1290 g/mol. The first-order valence-electron chi connectivity index (χ1n) is 30.3. The van der Waals surface area contributed by atoms with Crippen molar-refractivity contribution in [2.24, 2.45) is 0 Å². The van der Waals surface area contributed by atoms with Gasteiger partial charge in [-0.15, -0.1) is 0 Å². The van der Waals surface area contributed by atoms with Crippen LogP contribution in [0.15, 0.2) is 238 Å². The molecule has 0 radical (unpaired) electrons. The van der Waals surface area contributed by atoms with Gasteiger partial charge < -0.3 is 9.97 Å². The summed E-state index contributed by atoms with van der Waals surface area (Å²) in [6.45, 7) is 0.174. The van der Waals surface area contributed by atoms with E-state index in [4.69, 9.17) is 9.97 Å². The van der Waals surface area contributed by atoms with Crippen molar-refractivity contribution >= 4 is 86.5 Å². The lowest BCUT2D eigenvalue weighted by molar-refractivity contribution is 0.461. The molecule has 0 unspecified atom stereocenters. The SMILES string of the molecule is CN(Cc1ccccn1)S(=O)(=O)c1ccc(-c2c3nc(c(-c4ccc(S(=O)(=O)N(C)Cc5ccccn5)cc4)c4ccc([nH]4)c(-c4ccc(S(=O)(=O)N(C)Cc5ccccn5)cc4)c4nc(c(-c5ccc(S(=O)(=O)N(C)Cc6ccccn6)cc5)c5ccc2[nH]5)C=C4)C=C3)cc1. The van der Waals surface area contributed by atoms with Gasteiger partial charge in [0.15, 0.2) is 0 Å². The second-order valence-corrected chi connectivity index (χ2v) is 31.1. The van der Waals surface area contributed by atoms with Crippen molar-refractivity contribution in [2.45, 2.75) is 45.8 Å². The summed E-state index contributed by atoms with van der Waals surface area (Å²) in [7, 11) is -10.0. The summed E-state index contributed by atoms with van der Waals surface area (Å²) in [6.07, 6.45) is 13.9. The van der Waals surface area contributed by atoms with Crippen LogP contribution in [0.3, 0.4) is 0 Å². The first kappa shape index (κ1) is 64.4. The van der Waals surface area contributed by atoms with Gasteiger partial charge in [-0.2, -0.15) is 17.2 Å². The number of pyridine rings is 4. The Balaban J connectivity index is 1.02. The third-order valence-corrected chi connectivity index (χ3v) is 23.9. The summed E-state index contributed by atoms with van der Waals surface area (Å²) in [5.41, 5.74) is 11.3. The zero-order chi connectivity index (χ0) is 66.9. The first-order chi connectivity index (χ1) is 46.2. The van der Waals surface area contributed by atoms with Gasteiger partial charge >= 0.3 is 0 Å². The van der Waals surface area contributed by atoms with E-state index in [0.29, 0.717) is 112 Å². The molecule has 0 atom stereocenters. The Hall–Kier alpha value is -10.3. The molecule has 0 fully saturated rings. The van der Waals surface area contributed by atoms with Crippen LogP contribution in [-0.4, -0.2) is 119 Å². The Morgan fingerprint density at radius 3 is 0.677 bits per heavy atom. The molecular formula is C72H62N12O8S4. The maximum Gasteiger partial charge on any atom is 0.243 e. The monoisotopic (exact) mass is 1350 g/mol. The van der Waals surface area contributed by atoms with Crippen LogP contribution >= 0.6 is 0 Å². The lowest BCUT2D eigenvalue weighted by Gasteiger charge is -2.17. The van der Waals surface area contributed by atoms with Crippen molar-refractivity contribution in [3.05, 3.63) is 264 Å². The van der Waals surface area contributed by atoms with Gasteiger partial charge in [-0.3, -0.25) is 19.9 Å². The van der Waals surface area contributed by atoms with Gasteiger partial charge in [0, 0.05) is 97.3 Å². The van der Waals surface area contributed by atoms with Crippen molar-refractivity contribution in [2.75, 3.05) is 28.2 Å². The van der Waals surface area contributed by atoms with Gasteiger partial charge in [0.1, 0.15) is 0 Å². The molecule has 7 aromatic heterocycles. The molecule has 0 aliphatic carbocycles. The Labute approximate surface area is 556 Å². The predicted octanol–water partition coefficient (Wildman–Crippen LogP) is 12.2. The molecule has 9 heterocycles. The van der Waals surface area contributed by atoms with Crippen LogP contribution in [0.1, 0.15) is 45.6 Å². The molecule has 0 spiro atoms. The normalized spacial score (nSPS) is 12.8. The largest absolute Gasteiger partial charge is 0.354 e. The minimum atomic E-state index is -4.01.